The molecule has 1 fully saturated rings. The fraction of sp³-hybridized carbons (Fsp3) is 0.350. The first kappa shape index (κ1) is 20.1. The number of nitrogens with zero attached hydrogens (tertiary/aromatic N) is 4. The van der Waals surface area contributed by atoms with Crippen LogP contribution >= 0.6 is 0 Å². The van der Waals surface area contributed by atoms with E-state index in [1.165, 1.54) is 12.3 Å². The molecule has 1 aliphatic heterocycles. The van der Waals surface area contributed by atoms with E-state index in [4.69, 9.17) is 10.00 Å². The van der Waals surface area contributed by atoms with Crippen molar-refractivity contribution in [1.82, 2.24) is 14.9 Å². The maximum absolute atomic E-state index is 12.5. The number of carbonyl (C=O) groups is 2. The van der Waals surface area contributed by atoms with Gasteiger partial charge in [0.25, 0.3) is 5.91 Å². The number of nitrogens with one attached hydrogen (secondary N) is 2. The monoisotopic (exact) mass is 394 g/mol. The summed E-state index contributed by atoms with van der Waals surface area (Å²) in [5.74, 6) is -0.0731. The Labute approximate surface area is 168 Å². The Morgan fingerprint density at radius 1 is 1.28 bits per heavy atom. The van der Waals surface area contributed by atoms with Gasteiger partial charge in [-0.15, -0.1) is 0 Å². The van der Waals surface area contributed by atoms with Gasteiger partial charge in [0.05, 0.1) is 17.9 Å². The summed E-state index contributed by atoms with van der Waals surface area (Å²) in [6.45, 7) is 3.31. The Kier molecular flexibility index (Phi) is 6.58. The SMILES string of the molecule is CCOC(=O)N1CCC(Nc2nccc(C(=O)Nc3ccccc3C#N)n2)CC1. The maximum atomic E-state index is 12.5. The molecule has 2 N–H and O–H groups in total. The minimum atomic E-state index is -0.421. The summed E-state index contributed by atoms with van der Waals surface area (Å²) in [4.78, 5) is 34.4. The molecule has 0 radical (unpaired) electrons. The minimum Gasteiger partial charge on any atom is -0.450 e. The topological polar surface area (TPSA) is 120 Å². The predicted molar refractivity (Wildman–Crippen MR) is 106 cm³/mol. The van der Waals surface area contributed by atoms with Crippen LogP contribution in [-0.4, -0.2) is 52.6 Å². The first-order valence-corrected chi connectivity index (χ1v) is 9.42. The normalized spacial score (nSPS) is 14.0. The lowest BCUT2D eigenvalue weighted by molar-refractivity contribution is 0.0980. The number of aromatic nitrogens is 2. The van der Waals surface area contributed by atoms with Crippen molar-refractivity contribution in [2.24, 2.45) is 0 Å². The van der Waals surface area contributed by atoms with E-state index in [0.717, 1.165) is 12.8 Å². The minimum absolute atomic E-state index is 0.0957. The Morgan fingerprint density at radius 3 is 2.76 bits per heavy atom. The van der Waals surface area contributed by atoms with Gasteiger partial charge in [-0.2, -0.15) is 5.26 Å². The van der Waals surface area contributed by atoms with Crippen molar-refractivity contribution >= 4 is 23.6 Å². The number of likely N-dealkylation sites (tertiary alicyclic amines) is 1. The number of carbonyl (C=O) groups excluding carboxylic acids is 2. The number of ether oxygens (including phenoxy) is 1. The van der Waals surface area contributed by atoms with Gasteiger partial charge in [0, 0.05) is 25.3 Å². The van der Waals surface area contributed by atoms with Gasteiger partial charge in [0.2, 0.25) is 5.95 Å². The summed E-state index contributed by atoms with van der Waals surface area (Å²) in [7, 11) is 0. The van der Waals surface area contributed by atoms with E-state index in [1.807, 2.05) is 6.07 Å². The predicted octanol–water partition coefficient (Wildman–Crippen LogP) is 2.63. The van der Waals surface area contributed by atoms with Crippen molar-refractivity contribution in [1.29, 1.82) is 5.26 Å². The van der Waals surface area contributed by atoms with Gasteiger partial charge >= 0.3 is 6.09 Å². The number of rotatable bonds is 5. The molecule has 9 nitrogen and oxygen atoms in total. The fourth-order valence-corrected chi connectivity index (χ4v) is 3.03. The zero-order valence-electron chi connectivity index (χ0n) is 16.1. The Hall–Kier alpha value is -3.67. The van der Waals surface area contributed by atoms with Crippen LogP contribution in [0.4, 0.5) is 16.4 Å². The van der Waals surface area contributed by atoms with E-state index in [2.05, 4.69) is 20.6 Å². The van der Waals surface area contributed by atoms with Crippen LogP contribution in [0.2, 0.25) is 0 Å². The van der Waals surface area contributed by atoms with Gasteiger partial charge in [-0.3, -0.25) is 4.79 Å². The molecule has 1 aromatic carbocycles. The fourth-order valence-electron chi connectivity index (χ4n) is 3.03. The maximum Gasteiger partial charge on any atom is 0.409 e. The number of hydrogen-bond acceptors (Lipinski definition) is 7. The zero-order valence-corrected chi connectivity index (χ0v) is 16.1. The average molecular weight is 394 g/mol. The van der Waals surface area contributed by atoms with E-state index in [9.17, 15) is 9.59 Å². The third kappa shape index (κ3) is 5.19. The highest BCUT2D eigenvalue weighted by molar-refractivity contribution is 6.03. The number of piperidine rings is 1. The molecular formula is C20H22N6O3. The lowest BCUT2D eigenvalue weighted by Gasteiger charge is -2.31. The summed E-state index contributed by atoms with van der Waals surface area (Å²) < 4.78 is 5.02. The van der Waals surface area contributed by atoms with Crippen molar-refractivity contribution in [2.45, 2.75) is 25.8 Å². The highest BCUT2D eigenvalue weighted by Gasteiger charge is 2.24. The largest absolute Gasteiger partial charge is 0.450 e. The molecule has 3 rings (SSSR count). The van der Waals surface area contributed by atoms with Crippen LogP contribution < -0.4 is 10.6 Å². The molecular weight excluding hydrogens is 372 g/mol. The molecule has 1 saturated heterocycles. The highest BCUT2D eigenvalue weighted by atomic mass is 16.6. The van der Waals surface area contributed by atoms with Crippen LogP contribution in [0, 0.1) is 11.3 Å². The number of anilines is 2. The number of para-hydroxylation sites is 1. The third-order valence-corrected chi connectivity index (χ3v) is 4.54. The van der Waals surface area contributed by atoms with E-state index >= 15 is 0 Å². The molecule has 0 saturated carbocycles. The van der Waals surface area contributed by atoms with Crippen molar-refractivity contribution in [2.75, 3.05) is 30.3 Å². The molecule has 2 aromatic rings. The summed E-state index contributed by atoms with van der Waals surface area (Å²) in [6.07, 6.45) is 2.68. The lowest BCUT2D eigenvalue weighted by Crippen LogP contribution is -2.42. The van der Waals surface area contributed by atoms with Gasteiger partial charge in [0.15, 0.2) is 0 Å². The van der Waals surface area contributed by atoms with Crippen LogP contribution in [0.15, 0.2) is 36.5 Å². The molecule has 0 spiro atoms. The Balaban J connectivity index is 1.59. The number of amides is 2. The molecule has 1 aliphatic rings. The van der Waals surface area contributed by atoms with E-state index in [0.29, 0.717) is 36.9 Å². The molecule has 0 unspecified atom stereocenters. The van der Waals surface area contributed by atoms with Gasteiger partial charge in [-0.25, -0.2) is 14.8 Å². The van der Waals surface area contributed by atoms with Crippen LogP contribution in [0.3, 0.4) is 0 Å². The van der Waals surface area contributed by atoms with Gasteiger partial charge in [-0.05, 0) is 38.0 Å². The van der Waals surface area contributed by atoms with Crippen molar-refractivity contribution in [3.8, 4) is 6.07 Å². The van der Waals surface area contributed by atoms with Gasteiger partial charge < -0.3 is 20.3 Å². The second kappa shape index (κ2) is 9.50. The molecule has 2 heterocycles. The number of hydrogen-bond donors (Lipinski definition) is 2. The summed E-state index contributed by atoms with van der Waals surface area (Å²) in [6, 6.07) is 10.4. The molecule has 29 heavy (non-hydrogen) atoms. The Morgan fingerprint density at radius 2 is 2.03 bits per heavy atom. The second-order valence-corrected chi connectivity index (χ2v) is 6.48. The summed E-state index contributed by atoms with van der Waals surface area (Å²) in [5.41, 5.74) is 1.00. The van der Waals surface area contributed by atoms with Crippen LogP contribution in [0.25, 0.3) is 0 Å². The van der Waals surface area contributed by atoms with E-state index in [-0.39, 0.29) is 17.8 Å². The van der Waals surface area contributed by atoms with Crippen molar-refractivity contribution in [3.05, 3.63) is 47.8 Å². The van der Waals surface area contributed by atoms with Crippen molar-refractivity contribution in [3.63, 3.8) is 0 Å². The number of nitriles is 1. The first-order chi connectivity index (χ1) is 14.1. The molecule has 0 bridgehead atoms. The first-order valence-electron chi connectivity index (χ1n) is 9.42. The zero-order chi connectivity index (χ0) is 20.6. The van der Waals surface area contributed by atoms with Gasteiger partial charge in [0.1, 0.15) is 11.8 Å². The Bertz CT molecular complexity index is 918. The standard InChI is InChI=1S/C20H22N6O3/c1-2-29-20(28)26-11-8-15(9-12-26)23-19-22-10-7-17(25-19)18(27)24-16-6-4-3-5-14(16)13-21/h3-7,10,15H,2,8-9,11-12H2,1H3,(H,24,27)(H,22,23,25). The lowest BCUT2D eigenvalue weighted by atomic mass is 10.1. The number of benzene rings is 1. The van der Waals surface area contributed by atoms with E-state index < -0.39 is 5.91 Å². The molecule has 150 valence electrons. The summed E-state index contributed by atoms with van der Waals surface area (Å²) >= 11 is 0. The molecule has 0 aliphatic carbocycles. The van der Waals surface area contributed by atoms with Crippen LogP contribution in [-0.2, 0) is 4.74 Å². The summed E-state index contributed by atoms with van der Waals surface area (Å²) in [5, 5.41) is 15.1. The smallest absolute Gasteiger partial charge is 0.409 e. The average Bonchev–Trinajstić information content (AvgIpc) is 2.75. The van der Waals surface area contributed by atoms with E-state index in [1.54, 1.807) is 36.1 Å². The second-order valence-electron chi connectivity index (χ2n) is 6.48. The quantitative estimate of drug-likeness (QED) is 0.800. The van der Waals surface area contributed by atoms with Crippen molar-refractivity contribution < 1.29 is 14.3 Å². The third-order valence-electron chi connectivity index (χ3n) is 4.54. The molecule has 1 aromatic heterocycles. The molecule has 9 heteroatoms. The van der Waals surface area contributed by atoms with Crippen LogP contribution in [0.5, 0.6) is 0 Å². The highest BCUT2D eigenvalue weighted by Crippen LogP contribution is 2.17. The molecule has 0 atom stereocenters. The van der Waals surface area contributed by atoms with Crippen LogP contribution in [0.1, 0.15) is 35.8 Å². The molecule has 2 amide bonds. The van der Waals surface area contributed by atoms with Gasteiger partial charge in [-0.1, -0.05) is 12.1 Å².